The molecule has 0 saturated carbocycles. The minimum Gasteiger partial charge on any atom is -0.384 e. The molecular weight excluding hydrogens is 247 g/mol. The van der Waals surface area contributed by atoms with Crippen LogP contribution in [0.3, 0.4) is 0 Å². The Kier molecular flexibility index (Phi) is 4.72. The summed E-state index contributed by atoms with van der Waals surface area (Å²) in [5.74, 6) is -0.376. The monoisotopic (exact) mass is 261 g/mol. The zero-order chi connectivity index (χ0) is 13.8. The Morgan fingerprint density at radius 2 is 2.06 bits per heavy atom. The standard InChI is InChI=1S/C12H14F3NO2/c1-8-9(12(13,14)15)4-3-5-10(8)16-11(17)6-7-18-2/h3-5H,6-7H2,1-2H3,(H,16,17). The quantitative estimate of drug-likeness (QED) is 0.904. The molecule has 0 aromatic heterocycles. The average Bonchev–Trinajstić information content (AvgIpc) is 2.27. The third-order valence-corrected chi connectivity index (χ3v) is 2.45. The zero-order valence-corrected chi connectivity index (χ0v) is 10.1. The highest BCUT2D eigenvalue weighted by Crippen LogP contribution is 2.34. The highest BCUT2D eigenvalue weighted by Gasteiger charge is 2.32. The molecule has 0 unspecified atom stereocenters. The molecule has 1 amide bonds. The van der Waals surface area contributed by atoms with E-state index in [-0.39, 0.29) is 30.2 Å². The summed E-state index contributed by atoms with van der Waals surface area (Å²) in [5.41, 5.74) is -0.561. The molecule has 0 heterocycles. The van der Waals surface area contributed by atoms with Gasteiger partial charge in [-0.1, -0.05) is 6.07 Å². The number of hydrogen-bond acceptors (Lipinski definition) is 2. The van der Waals surface area contributed by atoms with Gasteiger partial charge in [0, 0.05) is 12.8 Å². The van der Waals surface area contributed by atoms with Crippen LogP contribution in [0, 0.1) is 6.92 Å². The van der Waals surface area contributed by atoms with Gasteiger partial charge in [0.25, 0.3) is 0 Å². The lowest BCUT2D eigenvalue weighted by molar-refractivity contribution is -0.138. The molecule has 0 aliphatic rings. The van der Waals surface area contributed by atoms with Crippen molar-refractivity contribution < 1.29 is 22.7 Å². The molecule has 0 saturated heterocycles. The summed E-state index contributed by atoms with van der Waals surface area (Å²) in [6.45, 7) is 1.55. The Labute approximate surface area is 103 Å². The first-order chi connectivity index (χ1) is 8.36. The minimum atomic E-state index is -4.42. The van der Waals surface area contributed by atoms with E-state index in [4.69, 9.17) is 4.74 Å². The summed E-state index contributed by atoms with van der Waals surface area (Å²) < 4.78 is 42.6. The number of rotatable bonds is 4. The zero-order valence-electron chi connectivity index (χ0n) is 10.1. The van der Waals surface area contributed by atoms with E-state index in [1.807, 2.05) is 0 Å². The van der Waals surface area contributed by atoms with Crippen LogP contribution < -0.4 is 5.32 Å². The number of benzene rings is 1. The summed E-state index contributed by atoms with van der Waals surface area (Å²) in [7, 11) is 1.45. The van der Waals surface area contributed by atoms with Gasteiger partial charge in [-0.2, -0.15) is 13.2 Å². The van der Waals surface area contributed by atoms with E-state index < -0.39 is 11.7 Å². The van der Waals surface area contributed by atoms with E-state index in [1.54, 1.807) is 0 Å². The van der Waals surface area contributed by atoms with Crippen molar-refractivity contribution in [2.45, 2.75) is 19.5 Å². The van der Waals surface area contributed by atoms with Crippen molar-refractivity contribution in [3.63, 3.8) is 0 Å². The molecular formula is C12H14F3NO2. The Hall–Kier alpha value is -1.56. The first-order valence-corrected chi connectivity index (χ1v) is 5.32. The van der Waals surface area contributed by atoms with Gasteiger partial charge in [-0.3, -0.25) is 4.79 Å². The first kappa shape index (κ1) is 14.5. The second kappa shape index (κ2) is 5.86. The maximum Gasteiger partial charge on any atom is 0.416 e. The van der Waals surface area contributed by atoms with Crippen LogP contribution in [0.5, 0.6) is 0 Å². The lowest BCUT2D eigenvalue weighted by Crippen LogP contribution is -2.16. The number of anilines is 1. The molecule has 0 aliphatic heterocycles. The van der Waals surface area contributed by atoms with E-state index in [2.05, 4.69) is 5.32 Å². The van der Waals surface area contributed by atoms with Crippen LogP contribution in [-0.4, -0.2) is 19.6 Å². The molecule has 1 aromatic rings. The highest BCUT2D eigenvalue weighted by molar-refractivity contribution is 5.91. The fourth-order valence-electron chi connectivity index (χ4n) is 1.49. The molecule has 0 atom stereocenters. The van der Waals surface area contributed by atoms with Crippen molar-refractivity contribution >= 4 is 11.6 Å². The Morgan fingerprint density at radius 3 is 2.61 bits per heavy atom. The van der Waals surface area contributed by atoms with Gasteiger partial charge in [0.1, 0.15) is 0 Å². The minimum absolute atomic E-state index is 0.00997. The number of halogens is 3. The van der Waals surface area contributed by atoms with Crippen molar-refractivity contribution in [1.29, 1.82) is 0 Å². The van der Waals surface area contributed by atoms with Crippen molar-refractivity contribution in [2.24, 2.45) is 0 Å². The van der Waals surface area contributed by atoms with E-state index in [1.165, 1.54) is 26.2 Å². The second-order valence-corrected chi connectivity index (χ2v) is 3.77. The predicted molar refractivity (Wildman–Crippen MR) is 61.3 cm³/mol. The number of hydrogen-bond donors (Lipinski definition) is 1. The molecule has 0 radical (unpaired) electrons. The maximum atomic E-state index is 12.6. The Morgan fingerprint density at radius 1 is 1.39 bits per heavy atom. The SMILES string of the molecule is COCCC(=O)Nc1cccc(C(F)(F)F)c1C. The van der Waals surface area contributed by atoms with Gasteiger partial charge in [0.05, 0.1) is 18.6 Å². The molecule has 3 nitrogen and oxygen atoms in total. The molecule has 1 aromatic carbocycles. The summed E-state index contributed by atoms with van der Waals surface area (Å²) in [4.78, 5) is 11.4. The van der Waals surface area contributed by atoms with Gasteiger partial charge in [-0.15, -0.1) is 0 Å². The number of methoxy groups -OCH3 is 1. The molecule has 6 heteroatoms. The molecule has 0 aliphatic carbocycles. The van der Waals surface area contributed by atoms with E-state index in [0.29, 0.717) is 0 Å². The van der Waals surface area contributed by atoms with E-state index >= 15 is 0 Å². The van der Waals surface area contributed by atoms with Crippen molar-refractivity contribution in [2.75, 3.05) is 19.0 Å². The number of carbonyl (C=O) groups is 1. The van der Waals surface area contributed by atoms with Gasteiger partial charge >= 0.3 is 6.18 Å². The Balaban J connectivity index is 2.88. The Bertz CT molecular complexity index is 430. The van der Waals surface area contributed by atoms with E-state index in [9.17, 15) is 18.0 Å². The van der Waals surface area contributed by atoms with Crippen LogP contribution in [0.4, 0.5) is 18.9 Å². The third kappa shape index (κ3) is 3.73. The largest absolute Gasteiger partial charge is 0.416 e. The first-order valence-electron chi connectivity index (χ1n) is 5.32. The molecule has 18 heavy (non-hydrogen) atoms. The molecule has 100 valence electrons. The molecule has 0 spiro atoms. The van der Waals surface area contributed by atoms with Gasteiger partial charge < -0.3 is 10.1 Å². The summed E-state index contributed by atoms with van der Waals surface area (Å²) in [6.07, 6.45) is -4.32. The van der Waals surface area contributed by atoms with Gasteiger partial charge in [-0.25, -0.2) is 0 Å². The van der Waals surface area contributed by atoms with Gasteiger partial charge in [0.2, 0.25) is 5.91 Å². The summed E-state index contributed by atoms with van der Waals surface area (Å²) >= 11 is 0. The lowest BCUT2D eigenvalue weighted by Gasteiger charge is -2.14. The average molecular weight is 261 g/mol. The number of amides is 1. The highest BCUT2D eigenvalue weighted by atomic mass is 19.4. The fourth-order valence-corrected chi connectivity index (χ4v) is 1.49. The number of carbonyl (C=O) groups excluding carboxylic acids is 1. The van der Waals surface area contributed by atoms with Crippen LogP contribution in [0.2, 0.25) is 0 Å². The van der Waals surface area contributed by atoms with E-state index in [0.717, 1.165) is 6.07 Å². The van der Waals surface area contributed by atoms with Crippen LogP contribution in [0.25, 0.3) is 0 Å². The number of ether oxygens (including phenoxy) is 1. The van der Waals surface area contributed by atoms with Crippen molar-refractivity contribution in [3.8, 4) is 0 Å². The topological polar surface area (TPSA) is 38.3 Å². The smallest absolute Gasteiger partial charge is 0.384 e. The van der Waals surface area contributed by atoms with Crippen LogP contribution >= 0.6 is 0 Å². The van der Waals surface area contributed by atoms with Crippen LogP contribution in [-0.2, 0) is 15.7 Å². The molecule has 1 rings (SSSR count). The molecule has 0 fully saturated rings. The van der Waals surface area contributed by atoms with Gasteiger partial charge in [-0.05, 0) is 24.6 Å². The molecule has 1 N–H and O–H groups in total. The van der Waals surface area contributed by atoms with Gasteiger partial charge in [0.15, 0.2) is 0 Å². The lowest BCUT2D eigenvalue weighted by atomic mass is 10.1. The second-order valence-electron chi connectivity index (χ2n) is 3.77. The number of nitrogens with one attached hydrogen (secondary N) is 1. The number of alkyl halides is 3. The van der Waals surface area contributed by atoms with Crippen LogP contribution in [0.15, 0.2) is 18.2 Å². The summed E-state index contributed by atoms with van der Waals surface area (Å²) in [5, 5.41) is 2.44. The molecule has 0 bridgehead atoms. The third-order valence-electron chi connectivity index (χ3n) is 2.45. The van der Waals surface area contributed by atoms with Crippen molar-refractivity contribution in [1.82, 2.24) is 0 Å². The fraction of sp³-hybridized carbons (Fsp3) is 0.417. The summed E-state index contributed by atoms with van der Waals surface area (Å²) in [6, 6.07) is 3.69. The predicted octanol–water partition coefficient (Wildman–Crippen LogP) is 2.99. The normalized spacial score (nSPS) is 11.4. The van der Waals surface area contributed by atoms with Crippen LogP contribution in [0.1, 0.15) is 17.5 Å². The maximum absolute atomic E-state index is 12.6. The van der Waals surface area contributed by atoms with Crippen molar-refractivity contribution in [3.05, 3.63) is 29.3 Å².